The fraction of sp³-hybridized carbons (Fsp3) is 0.100. The molecule has 0 spiro atoms. The maximum atomic E-state index is 9.53. The van der Waals surface area contributed by atoms with Crippen LogP contribution in [0.3, 0.4) is 0 Å². The summed E-state index contributed by atoms with van der Waals surface area (Å²) in [4.78, 5) is 4.42. The number of nitriles is 1. The number of nitrogens with zero attached hydrogens (tertiary/aromatic N) is 2. The molecule has 0 atom stereocenters. The summed E-state index contributed by atoms with van der Waals surface area (Å²) in [5, 5.41) is 9.53. The average Bonchev–Trinajstić information content (AvgIpc) is 2.61. The molecule has 0 fully saturated rings. The second kappa shape index (κ2) is 6.96. The average molecular weight is 394 g/mol. The summed E-state index contributed by atoms with van der Waals surface area (Å²) in [5.74, 6) is 0.951. The Labute approximate surface area is 155 Å². The Morgan fingerprint density at radius 1 is 1.12 bits per heavy atom. The van der Waals surface area contributed by atoms with Crippen molar-refractivity contribution in [1.82, 2.24) is 4.98 Å². The number of nitrogen functional groups attached to an aromatic ring is 1. The van der Waals surface area contributed by atoms with E-state index >= 15 is 0 Å². The van der Waals surface area contributed by atoms with E-state index < -0.39 is 0 Å². The second-order valence-corrected chi connectivity index (χ2v) is 6.50. The molecule has 0 aliphatic heterocycles. The zero-order valence-corrected chi connectivity index (χ0v) is 15.5. The predicted molar refractivity (Wildman–Crippen MR) is 103 cm³/mol. The van der Waals surface area contributed by atoms with Crippen molar-refractivity contribution in [2.24, 2.45) is 0 Å². The van der Waals surface area contributed by atoms with Gasteiger partial charge in [-0.2, -0.15) is 5.26 Å². The minimum atomic E-state index is 0.225. The number of halogens is 1. The molecule has 124 valence electrons. The summed E-state index contributed by atoms with van der Waals surface area (Å²) in [5.41, 5.74) is 10.9. The van der Waals surface area contributed by atoms with Gasteiger partial charge in [0, 0.05) is 11.1 Å². The van der Waals surface area contributed by atoms with Crippen LogP contribution in [0.2, 0.25) is 0 Å². The maximum absolute atomic E-state index is 9.53. The highest BCUT2D eigenvalue weighted by atomic mass is 79.9. The lowest BCUT2D eigenvalue weighted by Crippen LogP contribution is -2.00. The van der Waals surface area contributed by atoms with Crippen LogP contribution in [0.4, 0.5) is 5.82 Å². The zero-order valence-electron chi connectivity index (χ0n) is 13.9. The third-order valence-electron chi connectivity index (χ3n) is 3.94. The van der Waals surface area contributed by atoms with Crippen LogP contribution in [0.25, 0.3) is 22.4 Å². The molecule has 0 saturated heterocycles. The van der Waals surface area contributed by atoms with Crippen LogP contribution in [0.1, 0.15) is 11.1 Å². The number of aromatic nitrogens is 1. The number of ether oxygens (including phenoxy) is 1. The number of anilines is 1. The Morgan fingerprint density at radius 2 is 1.92 bits per heavy atom. The number of methoxy groups -OCH3 is 1. The Kier molecular flexibility index (Phi) is 4.73. The van der Waals surface area contributed by atoms with Crippen LogP contribution in [-0.2, 0) is 0 Å². The van der Waals surface area contributed by atoms with Gasteiger partial charge in [0.2, 0.25) is 0 Å². The molecule has 3 aromatic rings. The summed E-state index contributed by atoms with van der Waals surface area (Å²) in [6.45, 7) is 2.03. The SMILES string of the molecule is COc1ccc(-c2cc(-c3cccc(C)c3)nc(N)c2C#N)cc1Br. The molecule has 3 rings (SSSR count). The van der Waals surface area contributed by atoms with E-state index in [0.717, 1.165) is 38.2 Å². The smallest absolute Gasteiger partial charge is 0.142 e. The molecule has 0 amide bonds. The Balaban J connectivity index is 2.22. The van der Waals surface area contributed by atoms with Crippen LogP contribution >= 0.6 is 15.9 Å². The van der Waals surface area contributed by atoms with Gasteiger partial charge in [-0.1, -0.05) is 29.8 Å². The summed E-state index contributed by atoms with van der Waals surface area (Å²) >= 11 is 3.49. The van der Waals surface area contributed by atoms with Gasteiger partial charge in [0.15, 0.2) is 0 Å². The van der Waals surface area contributed by atoms with E-state index in [2.05, 4.69) is 27.0 Å². The monoisotopic (exact) mass is 393 g/mol. The lowest BCUT2D eigenvalue weighted by Gasteiger charge is -2.12. The molecule has 2 N–H and O–H groups in total. The number of benzene rings is 2. The van der Waals surface area contributed by atoms with Gasteiger partial charge in [-0.05, 0) is 52.7 Å². The Bertz CT molecular complexity index is 993. The molecule has 1 heterocycles. The number of hydrogen-bond acceptors (Lipinski definition) is 4. The molecule has 0 radical (unpaired) electrons. The van der Waals surface area contributed by atoms with Crippen LogP contribution in [-0.4, -0.2) is 12.1 Å². The van der Waals surface area contributed by atoms with Crippen molar-refractivity contribution in [3.8, 4) is 34.2 Å². The van der Waals surface area contributed by atoms with Crippen LogP contribution in [0.15, 0.2) is 53.0 Å². The molecule has 1 aromatic heterocycles. The van der Waals surface area contributed by atoms with Crippen molar-refractivity contribution in [3.63, 3.8) is 0 Å². The van der Waals surface area contributed by atoms with Gasteiger partial charge >= 0.3 is 0 Å². The van der Waals surface area contributed by atoms with Crippen molar-refractivity contribution in [1.29, 1.82) is 5.26 Å². The Morgan fingerprint density at radius 3 is 2.56 bits per heavy atom. The first-order valence-electron chi connectivity index (χ1n) is 7.65. The van der Waals surface area contributed by atoms with E-state index in [1.165, 1.54) is 0 Å². The summed E-state index contributed by atoms with van der Waals surface area (Å²) in [6.07, 6.45) is 0. The van der Waals surface area contributed by atoms with Crippen molar-refractivity contribution in [2.75, 3.05) is 12.8 Å². The fourth-order valence-corrected chi connectivity index (χ4v) is 3.24. The number of hydrogen-bond donors (Lipinski definition) is 1. The minimum absolute atomic E-state index is 0.225. The van der Waals surface area contributed by atoms with Gasteiger partial charge in [-0.15, -0.1) is 0 Å². The molecule has 0 saturated carbocycles. The molecule has 0 bridgehead atoms. The van der Waals surface area contributed by atoms with E-state index in [0.29, 0.717) is 5.56 Å². The third kappa shape index (κ3) is 3.35. The number of rotatable bonds is 3. The minimum Gasteiger partial charge on any atom is -0.496 e. The molecule has 4 nitrogen and oxygen atoms in total. The normalized spacial score (nSPS) is 10.3. The first-order valence-corrected chi connectivity index (χ1v) is 8.44. The lowest BCUT2D eigenvalue weighted by atomic mass is 9.98. The standard InChI is InChI=1S/C20H16BrN3O/c1-12-4-3-5-14(8-12)18-10-15(16(11-22)20(23)24-18)13-6-7-19(25-2)17(21)9-13/h3-10H,1-2H3,(H2,23,24). The quantitative estimate of drug-likeness (QED) is 0.682. The van der Waals surface area contributed by atoms with Crippen molar-refractivity contribution in [2.45, 2.75) is 6.92 Å². The van der Waals surface area contributed by atoms with Gasteiger partial charge in [-0.3, -0.25) is 0 Å². The van der Waals surface area contributed by atoms with E-state index in [9.17, 15) is 5.26 Å². The molecule has 2 aromatic carbocycles. The van der Waals surface area contributed by atoms with Gasteiger partial charge in [-0.25, -0.2) is 4.98 Å². The largest absolute Gasteiger partial charge is 0.496 e. The first-order chi connectivity index (χ1) is 12.0. The van der Waals surface area contributed by atoms with Gasteiger partial charge < -0.3 is 10.5 Å². The molecule has 25 heavy (non-hydrogen) atoms. The van der Waals surface area contributed by atoms with Crippen molar-refractivity contribution in [3.05, 3.63) is 64.1 Å². The summed E-state index contributed by atoms with van der Waals surface area (Å²) in [6, 6.07) is 17.8. The van der Waals surface area contributed by atoms with Gasteiger partial charge in [0.05, 0.1) is 17.3 Å². The zero-order chi connectivity index (χ0) is 18.0. The van der Waals surface area contributed by atoms with E-state index in [-0.39, 0.29) is 5.82 Å². The molecular weight excluding hydrogens is 378 g/mol. The lowest BCUT2D eigenvalue weighted by molar-refractivity contribution is 0.412. The van der Waals surface area contributed by atoms with Gasteiger partial charge in [0.25, 0.3) is 0 Å². The molecular formula is C20H16BrN3O. The first kappa shape index (κ1) is 17.0. The van der Waals surface area contributed by atoms with Gasteiger partial charge in [0.1, 0.15) is 23.2 Å². The highest BCUT2D eigenvalue weighted by Gasteiger charge is 2.14. The highest BCUT2D eigenvalue weighted by Crippen LogP contribution is 2.35. The fourth-order valence-electron chi connectivity index (χ4n) is 2.70. The Hall–Kier alpha value is -2.84. The van der Waals surface area contributed by atoms with E-state index in [1.54, 1.807) is 7.11 Å². The van der Waals surface area contributed by atoms with E-state index in [4.69, 9.17) is 10.5 Å². The van der Waals surface area contributed by atoms with Crippen LogP contribution < -0.4 is 10.5 Å². The van der Waals surface area contributed by atoms with Crippen LogP contribution in [0.5, 0.6) is 5.75 Å². The summed E-state index contributed by atoms with van der Waals surface area (Å²) < 4.78 is 6.08. The van der Waals surface area contributed by atoms with Crippen molar-refractivity contribution >= 4 is 21.7 Å². The van der Waals surface area contributed by atoms with Crippen molar-refractivity contribution < 1.29 is 4.74 Å². The van der Waals surface area contributed by atoms with Crippen LogP contribution in [0, 0.1) is 18.3 Å². The van der Waals surface area contributed by atoms with E-state index in [1.807, 2.05) is 55.5 Å². The maximum Gasteiger partial charge on any atom is 0.142 e. The molecule has 5 heteroatoms. The molecule has 0 unspecified atom stereocenters. The summed E-state index contributed by atoms with van der Waals surface area (Å²) in [7, 11) is 1.61. The number of pyridine rings is 1. The molecule has 0 aliphatic carbocycles. The number of aryl methyl sites for hydroxylation is 1. The topological polar surface area (TPSA) is 71.9 Å². The third-order valence-corrected chi connectivity index (χ3v) is 4.56. The predicted octanol–water partition coefficient (Wildman–Crippen LogP) is 4.95. The number of nitrogens with two attached hydrogens (primary N) is 1. The second-order valence-electron chi connectivity index (χ2n) is 5.65. The molecule has 0 aliphatic rings. The highest BCUT2D eigenvalue weighted by molar-refractivity contribution is 9.10.